The van der Waals surface area contributed by atoms with E-state index in [2.05, 4.69) is 10.2 Å². The Morgan fingerprint density at radius 1 is 1.20 bits per heavy atom. The van der Waals surface area contributed by atoms with Crippen molar-refractivity contribution in [3.63, 3.8) is 0 Å². The Hall–Kier alpha value is -2.42. The van der Waals surface area contributed by atoms with Crippen molar-refractivity contribution < 1.29 is 19.1 Å². The number of para-hydroxylation sites is 1. The molecular formula is C22H27N3O4S. The summed E-state index contributed by atoms with van der Waals surface area (Å²) in [5.74, 6) is 0.964. The number of hydrogen-bond acceptors (Lipinski definition) is 6. The van der Waals surface area contributed by atoms with Crippen molar-refractivity contribution in [1.82, 2.24) is 15.1 Å². The molecule has 3 heterocycles. The molecule has 0 bridgehead atoms. The van der Waals surface area contributed by atoms with Crippen molar-refractivity contribution in [2.75, 3.05) is 53.0 Å². The van der Waals surface area contributed by atoms with Crippen molar-refractivity contribution >= 4 is 23.2 Å². The third-order valence-corrected chi connectivity index (χ3v) is 6.61. The Balaban J connectivity index is 1.30. The summed E-state index contributed by atoms with van der Waals surface area (Å²) in [6.07, 6.45) is 0.810. The van der Waals surface area contributed by atoms with E-state index in [1.807, 2.05) is 35.2 Å². The maximum atomic E-state index is 13.0. The van der Waals surface area contributed by atoms with Gasteiger partial charge in [0, 0.05) is 62.4 Å². The van der Waals surface area contributed by atoms with Crippen LogP contribution in [0.2, 0.25) is 0 Å². The van der Waals surface area contributed by atoms with E-state index < -0.39 is 0 Å². The largest absolute Gasteiger partial charge is 0.488 e. The summed E-state index contributed by atoms with van der Waals surface area (Å²) in [5, 5.41) is 2.91. The monoisotopic (exact) mass is 429 g/mol. The molecule has 8 heteroatoms. The zero-order chi connectivity index (χ0) is 20.9. The van der Waals surface area contributed by atoms with Gasteiger partial charge in [0.15, 0.2) is 0 Å². The van der Waals surface area contributed by atoms with Gasteiger partial charge in [0.1, 0.15) is 12.4 Å². The number of methoxy groups -OCH3 is 1. The van der Waals surface area contributed by atoms with Crippen LogP contribution in [-0.4, -0.2) is 74.6 Å². The van der Waals surface area contributed by atoms with Gasteiger partial charge in [-0.1, -0.05) is 12.1 Å². The predicted octanol–water partition coefficient (Wildman–Crippen LogP) is 2.22. The molecule has 2 aromatic rings. The number of hydrogen-bond donors (Lipinski definition) is 1. The molecule has 2 aliphatic heterocycles. The number of carbonyl (C=O) groups excluding carboxylic acids is 2. The molecular weight excluding hydrogens is 402 g/mol. The average molecular weight is 430 g/mol. The van der Waals surface area contributed by atoms with Crippen LogP contribution in [0.4, 0.5) is 0 Å². The Kier molecular flexibility index (Phi) is 6.66. The van der Waals surface area contributed by atoms with Crippen LogP contribution >= 0.6 is 11.3 Å². The summed E-state index contributed by atoms with van der Waals surface area (Å²) in [6.45, 7) is 4.81. The molecule has 0 radical (unpaired) electrons. The third kappa shape index (κ3) is 4.66. The molecule has 1 fully saturated rings. The molecule has 1 aromatic heterocycles. The summed E-state index contributed by atoms with van der Waals surface area (Å²) in [7, 11) is 1.65. The van der Waals surface area contributed by atoms with Crippen molar-refractivity contribution in [1.29, 1.82) is 0 Å². The summed E-state index contributed by atoms with van der Waals surface area (Å²) in [5.41, 5.74) is 2.13. The van der Waals surface area contributed by atoms with Crippen LogP contribution in [0.3, 0.4) is 0 Å². The second kappa shape index (κ2) is 9.59. The van der Waals surface area contributed by atoms with E-state index in [0.717, 1.165) is 33.1 Å². The molecule has 2 amide bonds. The zero-order valence-electron chi connectivity index (χ0n) is 17.2. The molecule has 2 aliphatic rings. The molecule has 7 nitrogen and oxygen atoms in total. The van der Waals surface area contributed by atoms with Crippen molar-refractivity contribution in [3.05, 3.63) is 40.8 Å². The highest BCUT2D eigenvalue weighted by atomic mass is 32.1. The minimum atomic E-state index is 0.0236. The zero-order valence-corrected chi connectivity index (χ0v) is 18.0. The van der Waals surface area contributed by atoms with Gasteiger partial charge in [-0.25, -0.2) is 0 Å². The molecule has 30 heavy (non-hydrogen) atoms. The molecule has 0 unspecified atom stereocenters. The third-order valence-electron chi connectivity index (χ3n) is 5.41. The van der Waals surface area contributed by atoms with Gasteiger partial charge < -0.3 is 19.7 Å². The summed E-state index contributed by atoms with van der Waals surface area (Å²) in [4.78, 5) is 31.0. The maximum Gasteiger partial charge on any atom is 0.264 e. The highest BCUT2D eigenvalue weighted by Gasteiger charge is 2.27. The molecule has 1 saturated heterocycles. The fourth-order valence-electron chi connectivity index (χ4n) is 3.77. The number of piperazine rings is 1. The van der Waals surface area contributed by atoms with Gasteiger partial charge in [-0.3, -0.25) is 14.5 Å². The molecule has 4 rings (SSSR count). The topological polar surface area (TPSA) is 71.1 Å². The smallest absolute Gasteiger partial charge is 0.264 e. The Morgan fingerprint density at radius 3 is 2.80 bits per heavy atom. The van der Waals surface area contributed by atoms with E-state index in [1.54, 1.807) is 18.4 Å². The molecule has 0 saturated carbocycles. The number of benzene rings is 1. The number of nitrogens with zero attached hydrogens (tertiary/aromatic N) is 2. The van der Waals surface area contributed by atoms with Crippen LogP contribution < -0.4 is 10.1 Å². The first-order chi connectivity index (χ1) is 14.7. The number of carbonyl (C=O) groups is 2. The lowest BCUT2D eigenvalue weighted by atomic mass is 10.1. The highest BCUT2D eigenvalue weighted by molar-refractivity contribution is 7.17. The van der Waals surface area contributed by atoms with E-state index in [9.17, 15) is 9.59 Å². The first kappa shape index (κ1) is 20.8. The van der Waals surface area contributed by atoms with Gasteiger partial charge in [-0.2, -0.15) is 0 Å². The van der Waals surface area contributed by atoms with Crippen LogP contribution in [0.5, 0.6) is 5.75 Å². The van der Waals surface area contributed by atoms with Gasteiger partial charge in [-0.15, -0.1) is 11.3 Å². The number of fused-ring (bicyclic) bond motifs is 3. The predicted molar refractivity (Wildman–Crippen MR) is 116 cm³/mol. The lowest BCUT2D eigenvalue weighted by Gasteiger charge is -2.34. The van der Waals surface area contributed by atoms with E-state index >= 15 is 0 Å². The highest BCUT2D eigenvalue weighted by Crippen LogP contribution is 2.42. The quantitative estimate of drug-likeness (QED) is 0.684. The standard InChI is InChI=1S/C22H27N3O4S/c1-28-12-4-7-23-20(26)14-24-8-10-25(11-9-24)22(27)19-13-16-15-29-18-6-3-2-5-17(18)21(16)30-19/h2-3,5-6,13H,4,7-12,14-15H2,1H3,(H,23,26). The Morgan fingerprint density at radius 2 is 2.00 bits per heavy atom. The van der Waals surface area contributed by atoms with Crippen LogP contribution in [0.25, 0.3) is 10.4 Å². The maximum absolute atomic E-state index is 13.0. The van der Waals surface area contributed by atoms with Crippen LogP contribution in [0.1, 0.15) is 21.7 Å². The second-order valence-corrected chi connectivity index (χ2v) is 8.57. The second-order valence-electron chi connectivity index (χ2n) is 7.51. The molecule has 0 atom stereocenters. The van der Waals surface area contributed by atoms with Gasteiger partial charge in [0.05, 0.1) is 11.4 Å². The van der Waals surface area contributed by atoms with E-state index in [-0.39, 0.29) is 11.8 Å². The number of thiophene rings is 1. The first-order valence-electron chi connectivity index (χ1n) is 10.3. The Bertz CT molecular complexity index is 906. The van der Waals surface area contributed by atoms with Crippen LogP contribution in [-0.2, 0) is 16.1 Å². The van der Waals surface area contributed by atoms with E-state index in [4.69, 9.17) is 9.47 Å². The summed E-state index contributed by atoms with van der Waals surface area (Å²) >= 11 is 1.55. The summed E-state index contributed by atoms with van der Waals surface area (Å²) in [6, 6.07) is 9.93. The Labute approximate surface area is 180 Å². The fourth-order valence-corrected chi connectivity index (χ4v) is 4.94. The fraction of sp³-hybridized carbons (Fsp3) is 0.455. The summed E-state index contributed by atoms with van der Waals surface area (Å²) < 4.78 is 10.8. The van der Waals surface area contributed by atoms with Gasteiger partial charge in [-0.05, 0) is 24.6 Å². The molecule has 0 spiro atoms. The minimum absolute atomic E-state index is 0.0236. The van der Waals surface area contributed by atoms with Crippen molar-refractivity contribution in [3.8, 4) is 16.2 Å². The number of rotatable bonds is 7. The van der Waals surface area contributed by atoms with E-state index in [0.29, 0.717) is 52.5 Å². The number of ether oxygens (including phenoxy) is 2. The van der Waals surface area contributed by atoms with Gasteiger partial charge in [0.2, 0.25) is 5.91 Å². The molecule has 160 valence electrons. The molecule has 1 N–H and O–H groups in total. The number of amides is 2. The van der Waals surface area contributed by atoms with Crippen LogP contribution in [0.15, 0.2) is 30.3 Å². The number of nitrogens with one attached hydrogen (secondary N) is 1. The molecule has 0 aliphatic carbocycles. The van der Waals surface area contributed by atoms with Gasteiger partial charge in [0.25, 0.3) is 5.91 Å². The average Bonchev–Trinajstić information content (AvgIpc) is 3.22. The normalized spacial score (nSPS) is 15.8. The SMILES string of the molecule is COCCCNC(=O)CN1CCN(C(=O)c2cc3c(s2)-c2ccccc2OC3)CC1. The van der Waals surface area contributed by atoms with E-state index in [1.165, 1.54) is 0 Å². The van der Waals surface area contributed by atoms with Gasteiger partial charge >= 0.3 is 0 Å². The lowest BCUT2D eigenvalue weighted by molar-refractivity contribution is -0.122. The molecule has 1 aromatic carbocycles. The van der Waals surface area contributed by atoms with Crippen molar-refractivity contribution in [2.24, 2.45) is 0 Å². The minimum Gasteiger partial charge on any atom is -0.488 e. The first-order valence-corrected chi connectivity index (χ1v) is 11.1. The van der Waals surface area contributed by atoms with Crippen LogP contribution in [0, 0.1) is 0 Å². The lowest BCUT2D eigenvalue weighted by Crippen LogP contribution is -2.51. The van der Waals surface area contributed by atoms with Crippen molar-refractivity contribution in [2.45, 2.75) is 13.0 Å².